The Bertz CT molecular complexity index is 728. The lowest BCUT2D eigenvalue weighted by Gasteiger charge is -2.05. The Morgan fingerprint density at radius 3 is 3.00 bits per heavy atom. The number of amides is 1. The molecule has 1 saturated heterocycles. The molecule has 0 aliphatic carbocycles. The molecule has 4 nitrogen and oxygen atoms in total. The lowest BCUT2D eigenvalue weighted by atomic mass is 10.1. The highest BCUT2D eigenvalue weighted by Gasteiger charge is 2.30. The smallest absolute Gasteiger partial charge is 0.239 e. The standard InChI is InChI=1S/C15H12ClN3OS2/c16-11-4-1-3-10(7-11)8-13-14(20)18-15(22-13)19-17-9-12-5-2-6-21-12/h1-7,9,13H,8H2,(H,18,19,20)/b17-9-/t13-/m1/s1. The van der Waals surface area contributed by atoms with Crippen molar-refractivity contribution in [3.8, 4) is 0 Å². The number of carbonyl (C=O) groups excluding carboxylic acids is 1. The van der Waals surface area contributed by atoms with Gasteiger partial charge in [-0.3, -0.25) is 4.79 Å². The van der Waals surface area contributed by atoms with Gasteiger partial charge < -0.3 is 5.32 Å². The van der Waals surface area contributed by atoms with Crippen LogP contribution in [0.25, 0.3) is 0 Å². The molecule has 112 valence electrons. The summed E-state index contributed by atoms with van der Waals surface area (Å²) in [4.78, 5) is 13.0. The van der Waals surface area contributed by atoms with Crippen LogP contribution in [0.5, 0.6) is 0 Å². The maximum absolute atomic E-state index is 12.0. The van der Waals surface area contributed by atoms with Gasteiger partial charge in [-0.2, -0.15) is 5.10 Å². The van der Waals surface area contributed by atoms with E-state index < -0.39 is 0 Å². The first-order valence-electron chi connectivity index (χ1n) is 6.57. The zero-order chi connectivity index (χ0) is 15.4. The van der Waals surface area contributed by atoms with Crippen molar-refractivity contribution >= 4 is 52.0 Å². The molecule has 22 heavy (non-hydrogen) atoms. The van der Waals surface area contributed by atoms with Crippen LogP contribution < -0.4 is 5.32 Å². The second-order valence-corrected chi connectivity index (χ2v) is 7.20. The summed E-state index contributed by atoms with van der Waals surface area (Å²) in [6.45, 7) is 0. The van der Waals surface area contributed by atoms with Crippen LogP contribution in [-0.4, -0.2) is 22.5 Å². The lowest BCUT2D eigenvalue weighted by molar-refractivity contribution is -0.118. The van der Waals surface area contributed by atoms with E-state index in [9.17, 15) is 4.79 Å². The molecular weight excluding hydrogens is 338 g/mol. The van der Waals surface area contributed by atoms with Gasteiger partial charge in [0.25, 0.3) is 0 Å². The highest BCUT2D eigenvalue weighted by molar-refractivity contribution is 8.15. The van der Waals surface area contributed by atoms with Gasteiger partial charge in [0.1, 0.15) is 0 Å². The van der Waals surface area contributed by atoms with Gasteiger partial charge in [0.15, 0.2) is 5.17 Å². The summed E-state index contributed by atoms with van der Waals surface area (Å²) in [5.74, 6) is -0.0463. The van der Waals surface area contributed by atoms with E-state index in [2.05, 4.69) is 15.5 Å². The first kappa shape index (κ1) is 15.3. The number of nitrogens with one attached hydrogen (secondary N) is 1. The van der Waals surface area contributed by atoms with Crippen LogP contribution in [0.2, 0.25) is 5.02 Å². The average molecular weight is 350 g/mol. The molecule has 1 aromatic carbocycles. The fourth-order valence-corrected chi connectivity index (χ4v) is 3.72. The Morgan fingerprint density at radius 2 is 2.23 bits per heavy atom. The predicted molar refractivity (Wildman–Crippen MR) is 94.0 cm³/mol. The molecule has 0 spiro atoms. The van der Waals surface area contributed by atoms with Crippen molar-refractivity contribution in [2.45, 2.75) is 11.7 Å². The van der Waals surface area contributed by atoms with Gasteiger partial charge in [-0.15, -0.1) is 16.4 Å². The van der Waals surface area contributed by atoms with Crippen LogP contribution in [0.1, 0.15) is 10.4 Å². The van der Waals surface area contributed by atoms with Gasteiger partial charge in [-0.25, -0.2) is 0 Å². The van der Waals surface area contributed by atoms with Gasteiger partial charge in [0.2, 0.25) is 5.91 Å². The molecule has 7 heteroatoms. The Hall–Kier alpha value is -1.63. The van der Waals surface area contributed by atoms with Crippen molar-refractivity contribution in [1.29, 1.82) is 0 Å². The second kappa shape index (κ2) is 7.09. The molecule has 2 heterocycles. The number of thiophene rings is 1. The van der Waals surface area contributed by atoms with Crippen molar-refractivity contribution in [2.75, 3.05) is 0 Å². The number of thioether (sulfide) groups is 1. The van der Waals surface area contributed by atoms with Gasteiger partial charge in [0.05, 0.1) is 11.5 Å². The molecule has 2 aromatic rings. The van der Waals surface area contributed by atoms with Crippen molar-refractivity contribution in [3.63, 3.8) is 0 Å². The Morgan fingerprint density at radius 1 is 1.32 bits per heavy atom. The Balaban J connectivity index is 1.63. The summed E-state index contributed by atoms with van der Waals surface area (Å²) in [7, 11) is 0. The molecular formula is C15H12ClN3OS2. The third-order valence-corrected chi connectivity index (χ3v) is 5.08. The monoisotopic (exact) mass is 349 g/mol. The largest absolute Gasteiger partial charge is 0.303 e. The van der Waals surface area contributed by atoms with Crippen molar-refractivity contribution in [1.82, 2.24) is 5.32 Å². The molecule has 3 rings (SSSR count). The van der Waals surface area contributed by atoms with Crippen LogP contribution >= 0.6 is 34.7 Å². The minimum Gasteiger partial charge on any atom is -0.303 e. The maximum Gasteiger partial charge on any atom is 0.239 e. The van der Waals surface area contributed by atoms with Crippen LogP contribution in [-0.2, 0) is 11.2 Å². The molecule has 0 radical (unpaired) electrons. The average Bonchev–Trinajstić information content (AvgIpc) is 3.10. The van der Waals surface area contributed by atoms with E-state index in [4.69, 9.17) is 11.6 Å². The highest BCUT2D eigenvalue weighted by Crippen LogP contribution is 2.24. The number of benzene rings is 1. The number of hydrogen-bond donors (Lipinski definition) is 1. The minimum atomic E-state index is -0.200. The Labute approximate surface area is 141 Å². The SMILES string of the molecule is O=C1N/C(=N/N=C\c2cccs2)S[C@@H]1Cc1cccc(Cl)c1. The number of hydrogen-bond acceptors (Lipinski definition) is 5. The fourth-order valence-electron chi connectivity index (χ4n) is 1.97. The molecule has 0 bridgehead atoms. The molecule has 1 amide bonds. The van der Waals surface area contributed by atoms with Crippen molar-refractivity contribution in [2.24, 2.45) is 10.2 Å². The molecule has 1 fully saturated rings. The molecule has 1 atom stereocenters. The van der Waals surface area contributed by atoms with E-state index in [0.29, 0.717) is 16.6 Å². The molecule has 0 unspecified atom stereocenters. The second-order valence-electron chi connectivity index (χ2n) is 4.59. The molecule has 1 aromatic heterocycles. The van der Waals surface area contributed by atoms with E-state index in [-0.39, 0.29) is 11.2 Å². The molecule has 1 N–H and O–H groups in total. The van der Waals surface area contributed by atoms with Crippen LogP contribution in [0.4, 0.5) is 0 Å². The van der Waals surface area contributed by atoms with Crippen LogP contribution in [0.15, 0.2) is 52.0 Å². The van der Waals surface area contributed by atoms with E-state index >= 15 is 0 Å². The number of rotatable bonds is 4. The van der Waals surface area contributed by atoms with Crippen molar-refractivity contribution in [3.05, 3.63) is 57.2 Å². The number of amidine groups is 1. The van der Waals surface area contributed by atoms with Crippen LogP contribution in [0.3, 0.4) is 0 Å². The van der Waals surface area contributed by atoms with E-state index in [1.807, 2.05) is 41.8 Å². The summed E-state index contributed by atoms with van der Waals surface area (Å²) < 4.78 is 0. The summed E-state index contributed by atoms with van der Waals surface area (Å²) in [6, 6.07) is 11.4. The van der Waals surface area contributed by atoms with Crippen LogP contribution in [0, 0.1) is 0 Å². The fraction of sp³-hybridized carbons (Fsp3) is 0.133. The predicted octanol–water partition coefficient (Wildman–Crippen LogP) is 3.57. The molecule has 1 aliphatic heterocycles. The number of carbonyl (C=O) groups is 1. The summed E-state index contributed by atoms with van der Waals surface area (Å²) >= 11 is 8.94. The molecule has 1 aliphatic rings. The summed E-state index contributed by atoms with van der Waals surface area (Å²) in [6.07, 6.45) is 2.29. The van der Waals surface area contributed by atoms with Gasteiger partial charge >= 0.3 is 0 Å². The summed E-state index contributed by atoms with van der Waals surface area (Å²) in [5, 5.41) is 13.8. The molecule has 0 saturated carbocycles. The number of halogens is 1. The normalized spacial score (nSPS) is 20.0. The number of nitrogens with zero attached hydrogens (tertiary/aromatic N) is 2. The quantitative estimate of drug-likeness (QED) is 0.677. The zero-order valence-electron chi connectivity index (χ0n) is 11.4. The minimum absolute atomic E-state index is 0.0463. The summed E-state index contributed by atoms with van der Waals surface area (Å²) in [5.41, 5.74) is 1.03. The van der Waals surface area contributed by atoms with E-state index in [0.717, 1.165) is 10.4 Å². The third kappa shape index (κ3) is 3.97. The topological polar surface area (TPSA) is 53.8 Å². The van der Waals surface area contributed by atoms with Crippen molar-refractivity contribution < 1.29 is 4.79 Å². The first-order chi connectivity index (χ1) is 10.7. The third-order valence-electron chi connectivity index (χ3n) is 2.96. The van der Waals surface area contributed by atoms with Gasteiger partial charge in [-0.1, -0.05) is 41.6 Å². The highest BCUT2D eigenvalue weighted by atomic mass is 35.5. The van der Waals surface area contributed by atoms with E-state index in [1.165, 1.54) is 11.8 Å². The lowest BCUT2D eigenvalue weighted by Crippen LogP contribution is -2.25. The first-order valence-corrected chi connectivity index (χ1v) is 8.71. The zero-order valence-corrected chi connectivity index (χ0v) is 13.8. The maximum atomic E-state index is 12.0. The Kier molecular flexibility index (Phi) is 4.92. The van der Waals surface area contributed by atoms with Gasteiger partial charge in [-0.05, 0) is 35.6 Å². The van der Waals surface area contributed by atoms with E-state index in [1.54, 1.807) is 17.6 Å². The van der Waals surface area contributed by atoms with Gasteiger partial charge in [0, 0.05) is 9.90 Å².